The molecule has 5 nitrogen and oxygen atoms in total. The van der Waals surface area contributed by atoms with Gasteiger partial charge in [-0.05, 0) is 30.7 Å². The number of aryl methyl sites for hydroxylation is 1. The van der Waals surface area contributed by atoms with Crippen LogP contribution in [0, 0.1) is 17.5 Å². The first-order valence-electron chi connectivity index (χ1n) is 8.15. The molecule has 8 heteroatoms. The van der Waals surface area contributed by atoms with Crippen LogP contribution in [0.3, 0.4) is 0 Å². The minimum atomic E-state index is -1.66. The van der Waals surface area contributed by atoms with Gasteiger partial charge in [0.15, 0.2) is 17.5 Å². The highest BCUT2D eigenvalue weighted by molar-refractivity contribution is 5.94. The molecule has 0 saturated carbocycles. The van der Waals surface area contributed by atoms with E-state index in [1.54, 1.807) is 12.1 Å². The van der Waals surface area contributed by atoms with Crippen molar-refractivity contribution in [2.24, 2.45) is 0 Å². The largest absolute Gasteiger partial charge is 0.469 e. The molecule has 0 fully saturated rings. The van der Waals surface area contributed by atoms with Crippen molar-refractivity contribution in [3.63, 3.8) is 0 Å². The first kappa shape index (κ1) is 19.6. The maximum Gasteiger partial charge on any atom is 0.244 e. The number of carbonyl (C=O) groups is 2. The van der Waals surface area contributed by atoms with E-state index in [0.717, 1.165) is 6.07 Å². The van der Waals surface area contributed by atoms with Crippen LogP contribution < -0.4 is 5.32 Å². The first-order valence-corrected chi connectivity index (χ1v) is 8.15. The second-order valence-corrected chi connectivity index (χ2v) is 5.67. The third-order valence-electron chi connectivity index (χ3n) is 3.66. The predicted octanol–water partition coefficient (Wildman–Crippen LogP) is 3.51. The summed E-state index contributed by atoms with van der Waals surface area (Å²) in [7, 11) is 0. The first-order chi connectivity index (χ1) is 12.4. The molecule has 2 amide bonds. The summed E-state index contributed by atoms with van der Waals surface area (Å²) in [5.74, 6) is -4.80. The van der Waals surface area contributed by atoms with Crippen molar-refractivity contribution in [3.05, 3.63) is 53.7 Å². The maximum absolute atomic E-state index is 13.6. The van der Waals surface area contributed by atoms with Gasteiger partial charge >= 0.3 is 0 Å². The Morgan fingerprint density at radius 2 is 1.92 bits per heavy atom. The summed E-state index contributed by atoms with van der Waals surface area (Å²) in [6.07, 6.45) is 2.68. The quantitative estimate of drug-likeness (QED) is 0.726. The van der Waals surface area contributed by atoms with Crippen molar-refractivity contribution < 1.29 is 27.2 Å². The van der Waals surface area contributed by atoms with Crippen molar-refractivity contribution in [1.82, 2.24) is 4.90 Å². The van der Waals surface area contributed by atoms with Gasteiger partial charge in [0.2, 0.25) is 11.8 Å². The normalized spacial score (nSPS) is 10.6. The number of benzene rings is 1. The van der Waals surface area contributed by atoms with Gasteiger partial charge in [-0.3, -0.25) is 9.59 Å². The van der Waals surface area contributed by atoms with Gasteiger partial charge in [0, 0.05) is 19.4 Å². The monoisotopic (exact) mass is 368 g/mol. The molecule has 0 aliphatic heterocycles. The van der Waals surface area contributed by atoms with Crippen molar-refractivity contribution in [3.8, 4) is 0 Å². The number of amides is 2. The van der Waals surface area contributed by atoms with E-state index < -0.39 is 29.0 Å². The van der Waals surface area contributed by atoms with Gasteiger partial charge in [-0.2, -0.15) is 0 Å². The minimum absolute atomic E-state index is 0.153. The number of nitrogens with one attached hydrogen (secondary N) is 1. The molecule has 1 aromatic carbocycles. The number of rotatable bonds is 8. The van der Waals surface area contributed by atoms with Crippen molar-refractivity contribution in [1.29, 1.82) is 0 Å². The number of anilines is 1. The second-order valence-electron chi connectivity index (χ2n) is 5.67. The van der Waals surface area contributed by atoms with E-state index in [2.05, 4.69) is 5.32 Å². The summed E-state index contributed by atoms with van der Waals surface area (Å²) < 4.78 is 44.9. The summed E-state index contributed by atoms with van der Waals surface area (Å²) in [6, 6.07) is 5.10. The molecule has 0 aliphatic carbocycles. The Morgan fingerprint density at radius 1 is 1.15 bits per heavy atom. The Hall–Kier alpha value is -2.77. The van der Waals surface area contributed by atoms with Crippen LogP contribution in [0.4, 0.5) is 18.9 Å². The topological polar surface area (TPSA) is 62.6 Å². The molecule has 0 aliphatic rings. The fourth-order valence-corrected chi connectivity index (χ4v) is 2.39. The molecule has 0 saturated heterocycles. The zero-order chi connectivity index (χ0) is 19.1. The van der Waals surface area contributed by atoms with E-state index in [9.17, 15) is 22.8 Å². The number of nitrogens with zero attached hydrogens (tertiary/aromatic N) is 1. The molecular formula is C18H19F3N2O3. The summed E-state index contributed by atoms with van der Waals surface area (Å²) in [5.41, 5.74) is -0.478. The summed E-state index contributed by atoms with van der Waals surface area (Å²) in [6.45, 7) is 1.87. The van der Waals surface area contributed by atoms with Crippen molar-refractivity contribution in [2.75, 3.05) is 18.4 Å². The van der Waals surface area contributed by atoms with Crippen LogP contribution in [0.15, 0.2) is 34.9 Å². The van der Waals surface area contributed by atoms with Crippen LogP contribution >= 0.6 is 0 Å². The second kappa shape index (κ2) is 9.07. The lowest BCUT2D eigenvalue weighted by Crippen LogP contribution is -2.38. The Morgan fingerprint density at radius 3 is 2.58 bits per heavy atom. The van der Waals surface area contributed by atoms with E-state index in [4.69, 9.17) is 4.42 Å². The van der Waals surface area contributed by atoms with E-state index in [-0.39, 0.29) is 18.9 Å². The number of halogens is 3. The van der Waals surface area contributed by atoms with E-state index in [0.29, 0.717) is 31.2 Å². The van der Waals surface area contributed by atoms with Gasteiger partial charge in [0.25, 0.3) is 0 Å². The molecule has 2 rings (SSSR count). The number of hydrogen-bond acceptors (Lipinski definition) is 3. The maximum atomic E-state index is 13.6. The van der Waals surface area contributed by atoms with Crippen LogP contribution in [0.2, 0.25) is 0 Å². The third kappa shape index (κ3) is 5.11. The van der Waals surface area contributed by atoms with Gasteiger partial charge in [0.1, 0.15) is 5.76 Å². The van der Waals surface area contributed by atoms with Crippen LogP contribution in [0.1, 0.15) is 25.5 Å². The minimum Gasteiger partial charge on any atom is -0.469 e. The van der Waals surface area contributed by atoms with Gasteiger partial charge < -0.3 is 14.6 Å². The van der Waals surface area contributed by atoms with Gasteiger partial charge in [-0.15, -0.1) is 0 Å². The Labute approximate surface area is 148 Å². The van der Waals surface area contributed by atoms with E-state index in [1.807, 2.05) is 6.92 Å². The lowest BCUT2D eigenvalue weighted by molar-refractivity contribution is -0.134. The molecule has 0 bridgehead atoms. The molecule has 1 aromatic heterocycles. The Bertz CT molecular complexity index is 763. The highest BCUT2D eigenvalue weighted by Crippen LogP contribution is 2.19. The molecule has 1 N–H and O–H groups in total. The molecular weight excluding hydrogens is 349 g/mol. The Kier molecular flexibility index (Phi) is 6.82. The molecule has 26 heavy (non-hydrogen) atoms. The zero-order valence-corrected chi connectivity index (χ0v) is 14.2. The Balaban J connectivity index is 1.96. The standard InChI is InChI=1S/C18H19F3N2O3/c1-2-9-23(16(25)8-5-12-4-3-10-26-12)11-15(24)22-14-7-6-13(19)17(20)18(14)21/h3-4,6-7,10H,2,5,8-9,11H2,1H3,(H,22,24). The van der Waals surface area contributed by atoms with Gasteiger partial charge in [-0.1, -0.05) is 6.92 Å². The fraction of sp³-hybridized carbons (Fsp3) is 0.333. The predicted molar refractivity (Wildman–Crippen MR) is 88.8 cm³/mol. The average Bonchev–Trinajstić information content (AvgIpc) is 3.13. The van der Waals surface area contributed by atoms with Crippen LogP contribution in [0.25, 0.3) is 0 Å². The third-order valence-corrected chi connectivity index (χ3v) is 3.66. The van der Waals surface area contributed by atoms with Crippen molar-refractivity contribution >= 4 is 17.5 Å². The smallest absolute Gasteiger partial charge is 0.244 e. The highest BCUT2D eigenvalue weighted by atomic mass is 19.2. The van der Waals surface area contributed by atoms with E-state index >= 15 is 0 Å². The van der Waals surface area contributed by atoms with Crippen LogP contribution in [0.5, 0.6) is 0 Å². The fourth-order valence-electron chi connectivity index (χ4n) is 2.39. The summed E-state index contributed by atoms with van der Waals surface area (Å²) in [5, 5.41) is 2.16. The molecule has 0 unspecified atom stereocenters. The summed E-state index contributed by atoms with van der Waals surface area (Å²) >= 11 is 0. The molecule has 2 aromatic rings. The summed E-state index contributed by atoms with van der Waals surface area (Å²) in [4.78, 5) is 25.7. The zero-order valence-electron chi connectivity index (χ0n) is 14.2. The lowest BCUT2D eigenvalue weighted by atomic mass is 10.2. The highest BCUT2D eigenvalue weighted by Gasteiger charge is 2.19. The lowest BCUT2D eigenvalue weighted by Gasteiger charge is -2.21. The molecule has 140 valence electrons. The SMILES string of the molecule is CCCN(CC(=O)Nc1ccc(F)c(F)c1F)C(=O)CCc1ccco1. The molecule has 0 atom stereocenters. The molecule has 0 spiro atoms. The van der Waals surface area contributed by atoms with E-state index in [1.165, 1.54) is 11.2 Å². The van der Waals surface area contributed by atoms with Gasteiger partial charge in [0.05, 0.1) is 18.5 Å². The molecule has 0 radical (unpaired) electrons. The molecule has 1 heterocycles. The van der Waals surface area contributed by atoms with Gasteiger partial charge in [-0.25, -0.2) is 13.2 Å². The van der Waals surface area contributed by atoms with Crippen LogP contribution in [-0.2, 0) is 16.0 Å². The number of furan rings is 1. The number of carbonyl (C=O) groups excluding carboxylic acids is 2. The number of hydrogen-bond donors (Lipinski definition) is 1. The van der Waals surface area contributed by atoms with Crippen LogP contribution in [-0.4, -0.2) is 29.8 Å². The van der Waals surface area contributed by atoms with Crippen molar-refractivity contribution in [2.45, 2.75) is 26.2 Å². The average molecular weight is 368 g/mol.